The number of aliphatic hydroxyl groups is 2. The Morgan fingerprint density at radius 1 is 0.861 bits per heavy atom. The molecule has 12 nitrogen and oxygen atoms in total. The number of aromatic carboxylic acids is 2. The molecule has 0 aromatic heterocycles. The van der Waals surface area contributed by atoms with E-state index >= 15 is 0 Å². The van der Waals surface area contributed by atoms with Crippen LogP contribution < -0.4 is 4.74 Å². The van der Waals surface area contributed by atoms with Gasteiger partial charge in [-0.05, 0) is 35.9 Å². The minimum atomic E-state index is -1.58. The topological polar surface area (TPSA) is 186 Å². The van der Waals surface area contributed by atoms with Crippen LogP contribution in [0.3, 0.4) is 0 Å². The van der Waals surface area contributed by atoms with Crippen molar-refractivity contribution in [2.24, 2.45) is 0 Å². The Labute approximate surface area is 204 Å². The number of benzene rings is 2. The number of rotatable bonds is 8. The van der Waals surface area contributed by atoms with Gasteiger partial charge in [-0.2, -0.15) is 0 Å². The average Bonchev–Trinajstić information content (AvgIpc) is 2.81. The van der Waals surface area contributed by atoms with Crippen LogP contribution in [0.5, 0.6) is 11.5 Å². The molecular weight excluding hydrogens is 480 g/mol. The third-order valence-electron chi connectivity index (χ3n) is 5.26. The van der Waals surface area contributed by atoms with E-state index in [2.05, 4.69) is 0 Å². The fourth-order valence-corrected chi connectivity index (χ4v) is 3.68. The lowest BCUT2D eigenvalue weighted by Crippen LogP contribution is -2.57. The van der Waals surface area contributed by atoms with Gasteiger partial charge in [-0.25, -0.2) is 9.59 Å². The van der Waals surface area contributed by atoms with Gasteiger partial charge in [0.25, 0.3) is 0 Å². The highest BCUT2D eigenvalue weighted by Crippen LogP contribution is 2.36. The molecule has 2 aromatic rings. The molecule has 192 valence electrons. The minimum absolute atomic E-state index is 0.0581. The van der Waals surface area contributed by atoms with Gasteiger partial charge in [0.15, 0.2) is 6.10 Å². The number of carboxylic acid groups (broad SMARTS) is 2. The van der Waals surface area contributed by atoms with E-state index in [4.69, 9.17) is 18.9 Å². The van der Waals surface area contributed by atoms with Gasteiger partial charge in [-0.1, -0.05) is 12.1 Å². The van der Waals surface area contributed by atoms with Crippen LogP contribution in [0.1, 0.15) is 46.2 Å². The van der Waals surface area contributed by atoms with Crippen molar-refractivity contribution in [3.05, 3.63) is 59.2 Å². The standard InChI is InChI=1S/C24H24O12/c1-11(25)33-10-18-22(34-12(2)26)20(28)19(27)21(36-18)13-4-3-5-16(7-13)35-17-8-14(23(29)30)6-15(9-17)24(31)32/h3-9,18-22,27-28H,10H2,1-2H3,(H,29,30)(H,31,32)/t18-,19+,20-,21-,22-/m1/s1. The van der Waals surface area contributed by atoms with Gasteiger partial charge in [0, 0.05) is 13.8 Å². The SMILES string of the molecule is CC(=O)OC[C@H]1O[C@H](c2cccc(Oc3cc(C(=O)O)cc(C(=O)O)c3)c2)[C@@H](O)[C@@H](O)[C@@H]1OC(C)=O. The molecule has 5 atom stereocenters. The molecular formula is C24H24O12. The summed E-state index contributed by atoms with van der Waals surface area (Å²) in [5.41, 5.74) is -0.263. The number of carboxylic acids is 2. The summed E-state index contributed by atoms with van der Waals surface area (Å²) in [6, 6.07) is 9.31. The predicted molar refractivity (Wildman–Crippen MR) is 119 cm³/mol. The van der Waals surface area contributed by atoms with Crippen molar-refractivity contribution in [2.75, 3.05) is 6.61 Å². The molecule has 1 aliphatic heterocycles. The van der Waals surface area contributed by atoms with E-state index in [1.54, 1.807) is 6.07 Å². The molecule has 1 heterocycles. The Kier molecular flexibility index (Phi) is 8.25. The summed E-state index contributed by atoms with van der Waals surface area (Å²) >= 11 is 0. The van der Waals surface area contributed by atoms with Crippen LogP contribution in [0.4, 0.5) is 0 Å². The number of esters is 2. The largest absolute Gasteiger partial charge is 0.478 e. The van der Waals surface area contributed by atoms with Crippen LogP contribution in [-0.4, -0.2) is 75.3 Å². The third kappa shape index (κ3) is 6.36. The molecule has 1 fully saturated rings. The molecule has 1 saturated heterocycles. The molecule has 4 N–H and O–H groups in total. The number of carbonyl (C=O) groups is 4. The van der Waals surface area contributed by atoms with Gasteiger partial charge in [0.1, 0.15) is 42.5 Å². The van der Waals surface area contributed by atoms with Crippen LogP contribution in [-0.2, 0) is 23.8 Å². The molecule has 1 aliphatic rings. The number of hydrogen-bond acceptors (Lipinski definition) is 10. The molecule has 36 heavy (non-hydrogen) atoms. The highest BCUT2D eigenvalue weighted by atomic mass is 16.6. The van der Waals surface area contributed by atoms with Gasteiger partial charge in [0.2, 0.25) is 0 Å². The zero-order valence-corrected chi connectivity index (χ0v) is 19.2. The van der Waals surface area contributed by atoms with Gasteiger partial charge in [0.05, 0.1) is 11.1 Å². The zero-order valence-electron chi connectivity index (χ0n) is 19.2. The molecule has 0 aliphatic carbocycles. The molecule has 2 aromatic carbocycles. The first-order chi connectivity index (χ1) is 17.0. The lowest BCUT2D eigenvalue weighted by atomic mass is 9.91. The van der Waals surface area contributed by atoms with Crippen molar-refractivity contribution in [3.8, 4) is 11.5 Å². The molecule has 0 bridgehead atoms. The fraction of sp³-hybridized carbons (Fsp3) is 0.333. The predicted octanol–water partition coefficient (Wildman–Crippen LogP) is 1.53. The van der Waals surface area contributed by atoms with Crippen LogP contribution in [0.25, 0.3) is 0 Å². The normalized spacial score (nSPS) is 23.4. The first-order valence-electron chi connectivity index (χ1n) is 10.7. The minimum Gasteiger partial charge on any atom is -0.478 e. The van der Waals surface area contributed by atoms with Crippen molar-refractivity contribution in [1.29, 1.82) is 0 Å². The molecule has 0 spiro atoms. The van der Waals surface area contributed by atoms with Gasteiger partial charge in [-0.15, -0.1) is 0 Å². The van der Waals surface area contributed by atoms with Crippen molar-refractivity contribution in [2.45, 2.75) is 44.4 Å². The molecule has 0 saturated carbocycles. The Morgan fingerprint density at radius 3 is 2.06 bits per heavy atom. The summed E-state index contributed by atoms with van der Waals surface area (Å²) in [6.07, 6.45) is -6.69. The highest BCUT2D eigenvalue weighted by Gasteiger charge is 2.47. The second-order valence-corrected chi connectivity index (χ2v) is 7.98. The highest BCUT2D eigenvalue weighted by molar-refractivity contribution is 5.94. The molecule has 3 rings (SSSR count). The van der Waals surface area contributed by atoms with Gasteiger partial charge in [-0.3, -0.25) is 9.59 Å². The van der Waals surface area contributed by atoms with Crippen molar-refractivity contribution < 1.29 is 58.6 Å². The van der Waals surface area contributed by atoms with Gasteiger partial charge >= 0.3 is 23.9 Å². The quantitative estimate of drug-likeness (QED) is 0.380. The monoisotopic (exact) mass is 504 g/mol. The Hall–Kier alpha value is -4.00. The molecule has 0 amide bonds. The van der Waals surface area contributed by atoms with Crippen LogP contribution in [0, 0.1) is 0 Å². The maximum absolute atomic E-state index is 11.5. The number of ether oxygens (including phenoxy) is 4. The lowest BCUT2D eigenvalue weighted by molar-refractivity contribution is -0.242. The van der Waals surface area contributed by atoms with E-state index in [-0.39, 0.29) is 29.2 Å². The van der Waals surface area contributed by atoms with Crippen molar-refractivity contribution in [1.82, 2.24) is 0 Å². The van der Waals surface area contributed by atoms with Crippen LogP contribution >= 0.6 is 0 Å². The zero-order chi connectivity index (χ0) is 26.6. The van der Waals surface area contributed by atoms with E-state index in [9.17, 15) is 39.6 Å². The van der Waals surface area contributed by atoms with E-state index in [1.807, 2.05) is 0 Å². The fourth-order valence-electron chi connectivity index (χ4n) is 3.68. The Bertz CT molecular complexity index is 1130. The lowest BCUT2D eigenvalue weighted by Gasteiger charge is -2.42. The van der Waals surface area contributed by atoms with Crippen molar-refractivity contribution in [3.63, 3.8) is 0 Å². The summed E-state index contributed by atoms with van der Waals surface area (Å²) in [5.74, 6) is -3.96. The Balaban J connectivity index is 1.89. The number of aliphatic hydroxyl groups excluding tert-OH is 2. The van der Waals surface area contributed by atoms with Gasteiger partial charge < -0.3 is 39.4 Å². The maximum Gasteiger partial charge on any atom is 0.335 e. The first-order valence-corrected chi connectivity index (χ1v) is 10.7. The third-order valence-corrected chi connectivity index (χ3v) is 5.26. The Morgan fingerprint density at radius 2 is 1.50 bits per heavy atom. The van der Waals surface area contributed by atoms with E-state index in [0.29, 0.717) is 5.56 Å². The second-order valence-electron chi connectivity index (χ2n) is 7.98. The van der Waals surface area contributed by atoms with E-state index < -0.39 is 54.4 Å². The maximum atomic E-state index is 11.5. The summed E-state index contributed by atoms with van der Waals surface area (Å²) in [7, 11) is 0. The number of hydrogen-bond donors (Lipinski definition) is 4. The van der Waals surface area contributed by atoms with Crippen LogP contribution in [0.15, 0.2) is 42.5 Å². The summed E-state index contributed by atoms with van der Waals surface area (Å²) in [5, 5.41) is 39.8. The smallest absolute Gasteiger partial charge is 0.335 e. The summed E-state index contributed by atoms with van der Waals surface area (Å²) < 4.78 is 21.6. The number of carbonyl (C=O) groups excluding carboxylic acids is 2. The molecule has 0 radical (unpaired) electrons. The molecule has 0 unspecified atom stereocenters. The van der Waals surface area contributed by atoms with Crippen LogP contribution in [0.2, 0.25) is 0 Å². The first kappa shape index (κ1) is 26.6. The van der Waals surface area contributed by atoms with E-state index in [1.165, 1.54) is 25.1 Å². The second kappa shape index (κ2) is 11.2. The average molecular weight is 504 g/mol. The van der Waals surface area contributed by atoms with E-state index in [0.717, 1.165) is 25.1 Å². The summed E-state index contributed by atoms with van der Waals surface area (Å²) in [6.45, 7) is 1.93. The van der Waals surface area contributed by atoms with Crippen molar-refractivity contribution >= 4 is 23.9 Å². The molecule has 12 heteroatoms. The summed E-state index contributed by atoms with van der Waals surface area (Å²) in [4.78, 5) is 45.5.